The van der Waals surface area contributed by atoms with Gasteiger partial charge in [-0.05, 0) is 34.1 Å². The van der Waals surface area contributed by atoms with Gasteiger partial charge in [0.2, 0.25) is 0 Å². The van der Waals surface area contributed by atoms with Gasteiger partial charge in [-0.2, -0.15) is 5.10 Å². The van der Waals surface area contributed by atoms with Crippen LogP contribution in [0.25, 0.3) is 22.2 Å². The Balaban J connectivity index is 2.19. The molecule has 5 nitrogen and oxygen atoms in total. The van der Waals surface area contributed by atoms with Gasteiger partial charge in [-0.3, -0.25) is 4.68 Å². The number of hydrogen-bond acceptors (Lipinski definition) is 2. The van der Waals surface area contributed by atoms with Crippen molar-refractivity contribution >= 4 is 32.8 Å². The molecule has 1 N–H and O–H groups in total. The van der Waals surface area contributed by atoms with E-state index in [0.29, 0.717) is 0 Å². The van der Waals surface area contributed by atoms with Crippen molar-refractivity contribution < 1.29 is 9.90 Å². The number of carbonyl (C=O) groups is 1. The third-order valence-corrected chi connectivity index (χ3v) is 3.97. The molecule has 0 saturated heterocycles. The van der Waals surface area contributed by atoms with E-state index in [1.54, 1.807) is 17.8 Å². The van der Waals surface area contributed by atoms with E-state index < -0.39 is 5.97 Å². The minimum atomic E-state index is -1.02. The molecule has 0 radical (unpaired) electrons. The number of rotatable bonds is 2. The summed E-state index contributed by atoms with van der Waals surface area (Å²) in [4.78, 5) is 11.0. The summed E-state index contributed by atoms with van der Waals surface area (Å²) in [7, 11) is 3.73. The summed E-state index contributed by atoms with van der Waals surface area (Å²) in [5.74, 6) is -1.02. The number of benzene rings is 1. The van der Waals surface area contributed by atoms with Crippen LogP contribution in [0, 0.1) is 0 Å². The highest BCUT2D eigenvalue weighted by molar-refractivity contribution is 9.10. The zero-order valence-corrected chi connectivity index (χ0v) is 12.5. The predicted octanol–water partition coefficient (Wildman–Crippen LogP) is 3.04. The highest BCUT2D eigenvalue weighted by Gasteiger charge is 2.14. The van der Waals surface area contributed by atoms with Gasteiger partial charge in [0.25, 0.3) is 0 Å². The molecule has 6 heteroatoms. The minimum absolute atomic E-state index is 0.0507. The first kappa shape index (κ1) is 12.9. The highest BCUT2D eigenvalue weighted by atomic mass is 79.9. The fraction of sp³-hybridized carbons (Fsp3) is 0.143. The molecule has 0 fully saturated rings. The lowest BCUT2D eigenvalue weighted by Crippen LogP contribution is -1.99. The van der Waals surface area contributed by atoms with Crippen LogP contribution >= 0.6 is 15.9 Å². The maximum atomic E-state index is 11.0. The van der Waals surface area contributed by atoms with Crippen molar-refractivity contribution in [2.45, 2.75) is 0 Å². The van der Waals surface area contributed by atoms with Gasteiger partial charge in [0, 0.05) is 41.2 Å². The Hall–Kier alpha value is -2.08. The molecule has 3 rings (SSSR count). The molecule has 0 saturated carbocycles. The van der Waals surface area contributed by atoms with Gasteiger partial charge in [0.15, 0.2) is 5.69 Å². The van der Waals surface area contributed by atoms with Crippen molar-refractivity contribution in [2.75, 3.05) is 0 Å². The normalized spacial score (nSPS) is 11.2. The molecule has 0 aliphatic carbocycles. The Morgan fingerprint density at radius 2 is 2.05 bits per heavy atom. The molecule has 2 aromatic heterocycles. The number of nitrogens with zero attached hydrogens (tertiary/aromatic N) is 3. The largest absolute Gasteiger partial charge is 0.476 e. The van der Waals surface area contributed by atoms with Gasteiger partial charge >= 0.3 is 5.97 Å². The number of fused-ring (bicyclic) bond motifs is 1. The summed E-state index contributed by atoms with van der Waals surface area (Å²) in [5.41, 5.74) is 2.88. The van der Waals surface area contributed by atoms with E-state index in [9.17, 15) is 4.79 Å². The van der Waals surface area contributed by atoms with Gasteiger partial charge in [-0.1, -0.05) is 6.07 Å². The summed E-state index contributed by atoms with van der Waals surface area (Å²) in [6, 6.07) is 7.60. The van der Waals surface area contributed by atoms with Crippen LogP contribution < -0.4 is 0 Å². The number of carboxylic acids is 1. The first-order chi connectivity index (χ1) is 9.47. The van der Waals surface area contributed by atoms with E-state index in [1.807, 2.05) is 36.0 Å². The van der Waals surface area contributed by atoms with Crippen LogP contribution in [0.4, 0.5) is 0 Å². The van der Waals surface area contributed by atoms with Crippen LogP contribution in [-0.4, -0.2) is 25.4 Å². The van der Waals surface area contributed by atoms with Crippen LogP contribution in [0.1, 0.15) is 10.5 Å². The van der Waals surface area contributed by atoms with Crippen molar-refractivity contribution in [1.82, 2.24) is 14.3 Å². The van der Waals surface area contributed by atoms with Crippen molar-refractivity contribution in [3.63, 3.8) is 0 Å². The molecule has 102 valence electrons. The van der Waals surface area contributed by atoms with E-state index in [1.165, 1.54) is 0 Å². The fourth-order valence-corrected chi connectivity index (χ4v) is 2.97. The van der Waals surface area contributed by atoms with Crippen LogP contribution in [0.5, 0.6) is 0 Å². The zero-order valence-electron chi connectivity index (χ0n) is 11.0. The van der Waals surface area contributed by atoms with Gasteiger partial charge in [-0.25, -0.2) is 4.79 Å². The Kier molecular flexibility index (Phi) is 2.90. The lowest BCUT2D eigenvalue weighted by Gasteiger charge is -2.03. The number of aromatic nitrogens is 3. The first-order valence-corrected chi connectivity index (χ1v) is 6.79. The van der Waals surface area contributed by atoms with Crippen LogP contribution in [0.3, 0.4) is 0 Å². The van der Waals surface area contributed by atoms with Gasteiger partial charge < -0.3 is 9.67 Å². The maximum Gasteiger partial charge on any atom is 0.356 e. The standard InChI is InChI=1S/C14H12BrN3O2/c1-17-7-10(15)9-5-8(3-4-12(9)17)13-6-11(14(19)20)16-18(13)2/h3-7H,1-2H3,(H,19,20). The van der Waals surface area contributed by atoms with Crippen molar-refractivity contribution in [2.24, 2.45) is 14.1 Å². The smallest absolute Gasteiger partial charge is 0.356 e. The van der Waals surface area contributed by atoms with Crippen LogP contribution in [-0.2, 0) is 14.1 Å². The van der Waals surface area contributed by atoms with Crippen molar-refractivity contribution in [1.29, 1.82) is 0 Å². The summed E-state index contributed by atoms with van der Waals surface area (Å²) in [6.07, 6.45) is 2.00. The Bertz CT molecular complexity index is 832. The number of carboxylic acid groups (broad SMARTS) is 1. The Morgan fingerprint density at radius 1 is 1.30 bits per heavy atom. The zero-order chi connectivity index (χ0) is 14.4. The lowest BCUT2D eigenvalue weighted by atomic mass is 10.1. The first-order valence-electron chi connectivity index (χ1n) is 5.99. The Labute approximate surface area is 123 Å². The summed E-state index contributed by atoms with van der Waals surface area (Å²) < 4.78 is 4.63. The van der Waals surface area contributed by atoms with E-state index >= 15 is 0 Å². The quantitative estimate of drug-likeness (QED) is 0.784. The van der Waals surface area contributed by atoms with Crippen molar-refractivity contribution in [3.05, 3.63) is 40.6 Å². The van der Waals surface area contributed by atoms with E-state index in [4.69, 9.17) is 5.11 Å². The topological polar surface area (TPSA) is 60.1 Å². The third-order valence-electron chi connectivity index (χ3n) is 3.34. The maximum absolute atomic E-state index is 11.0. The van der Waals surface area contributed by atoms with Gasteiger partial charge in [0.05, 0.1) is 5.69 Å². The molecule has 3 aromatic rings. The number of aryl methyl sites for hydroxylation is 2. The second kappa shape index (κ2) is 4.49. The number of aromatic carboxylic acids is 1. The van der Waals surface area contributed by atoms with Crippen LogP contribution in [0.2, 0.25) is 0 Å². The predicted molar refractivity (Wildman–Crippen MR) is 79.8 cm³/mol. The molecular weight excluding hydrogens is 322 g/mol. The molecule has 0 aliphatic heterocycles. The number of hydrogen-bond donors (Lipinski definition) is 1. The second-order valence-electron chi connectivity index (χ2n) is 4.66. The number of halogens is 1. The summed E-state index contributed by atoms with van der Waals surface area (Å²) in [5, 5.41) is 14.1. The molecule has 0 aliphatic rings. The van der Waals surface area contributed by atoms with E-state index in [0.717, 1.165) is 26.6 Å². The molecule has 20 heavy (non-hydrogen) atoms. The lowest BCUT2D eigenvalue weighted by molar-refractivity contribution is 0.0689. The fourth-order valence-electron chi connectivity index (χ4n) is 2.35. The van der Waals surface area contributed by atoms with Crippen LogP contribution in [0.15, 0.2) is 34.9 Å². The molecule has 0 spiro atoms. The monoisotopic (exact) mass is 333 g/mol. The van der Waals surface area contributed by atoms with E-state index in [-0.39, 0.29) is 5.69 Å². The molecule has 0 unspecified atom stereocenters. The van der Waals surface area contributed by atoms with Crippen molar-refractivity contribution in [3.8, 4) is 11.3 Å². The molecular formula is C14H12BrN3O2. The average molecular weight is 334 g/mol. The SMILES string of the molecule is Cn1nc(C(=O)O)cc1-c1ccc2c(c1)c(Br)cn2C. The van der Waals surface area contributed by atoms with Gasteiger partial charge in [-0.15, -0.1) is 0 Å². The third kappa shape index (κ3) is 1.92. The van der Waals surface area contributed by atoms with E-state index in [2.05, 4.69) is 21.0 Å². The molecule has 2 heterocycles. The molecule has 0 amide bonds. The summed E-state index contributed by atoms with van der Waals surface area (Å²) >= 11 is 3.53. The molecule has 1 aromatic carbocycles. The molecule has 0 atom stereocenters. The Morgan fingerprint density at radius 3 is 2.70 bits per heavy atom. The van der Waals surface area contributed by atoms with Gasteiger partial charge in [0.1, 0.15) is 0 Å². The molecule has 0 bridgehead atoms. The minimum Gasteiger partial charge on any atom is -0.476 e. The highest BCUT2D eigenvalue weighted by Crippen LogP contribution is 2.30. The summed E-state index contributed by atoms with van der Waals surface area (Å²) in [6.45, 7) is 0. The average Bonchev–Trinajstić information content (AvgIpc) is 2.91. The second-order valence-corrected chi connectivity index (χ2v) is 5.52.